The minimum atomic E-state index is -1.85. The molecule has 0 aliphatic carbocycles. The lowest BCUT2D eigenvalue weighted by molar-refractivity contribution is -0.151. The highest BCUT2D eigenvalue weighted by molar-refractivity contribution is 6.32. The number of unbranched alkanes of at least 4 members (excludes halogenated alkanes) is 10. The Labute approximate surface area is 270 Å². The lowest BCUT2D eigenvalue weighted by Gasteiger charge is -2.22. The number of carboxylic acids is 2. The van der Waals surface area contributed by atoms with Crippen molar-refractivity contribution in [2.45, 2.75) is 129 Å². The molecule has 0 bridgehead atoms. The zero-order valence-corrected chi connectivity index (χ0v) is 27.0. The Morgan fingerprint density at radius 3 is 1.67 bits per heavy atom. The molecule has 0 aromatic carbocycles. The van der Waals surface area contributed by atoms with E-state index in [1.165, 1.54) is 12.6 Å². The Balaban J connectivity index is 5.35. The standard InChI is InChI=1S/C30H51N7O9/c1-3-5-7-9-11-13-20-32-36-24(38)18-17-23(26(40)37-33-21-14-12-10-8-6-4-2)34-25(39)22(35-28(42)30(45)46)16-15-19-31-27(41)29(43)44/h20-23H,3-19H2,1-2H3,(H,31,41)(H,34,39)(H,35,42)(H,36,38)(H,37,40)(H,43,44)(H,45,46)/b32-20-,33-21-/t22-,23-/m0/s1. The van der Waals surface area contributed by atoms with Crippen molar-refractivity contribution in [2.75, 3.05) is 6.54 Å². The maximum Gasteiger partial charge on any atom is 0.394 e. The molecule has 0 aromatic heterocycles. The van der Waals surface area contributed by atoms with Gasteiger partial charge < -0.3 is 26.2 Å². The molecular weight excluding hydrogens is 602 g/mol. The molecule has 0 spiro atoms. The average molecular weight is 654 g/mol. The Morgan fingerprint density at radius 2 is 1.13 bits per heavy atom. The molecule has 16 heteroatoms. The molecule has 2 atom stereocenters. The first-order chi connectivity index (χ1) is 22.0. The number of nitrogens with one attached hydrogen (secondary N) is 5. The molecule has 7 N–H and O–H groups in total. The molecule has 0 aliphatic rings. The van der Waals surface area contributed by atoms with Crippen LogP contribution in [0.5, 0.6) is 0 Å². The number of hydrogen-bond donors (Lipinski definition) is 7. The van der Waals surface area contributed by atoms with Crippen molar-refractivity contribution in [3.8, 4) is 0 Å². The molecule has 0 aliphatic heterocycles. The SMILES string of the molecule is CCCCCCC/C=N\NC(=O)CC[C@H](NC(=O)[C@H](CCCNC(=O)C(=O)O)NC(=O)C(=O)O)C(=O)N/N=C\CCCCCCC. The second kappa shape index (κ2) is 27.0. The monoisotopic (exact) mass is 653 g/mol. The first-order valence-corrected chi connectivity index (χ1v) is 16.0. The number of carboxylic acid groups (broad SMARTS) is 2. The number of amides is 5. The maximum absolute atomic E-state index is 13.1. The van der Waals surface area contributed by atoms with Crippen LogP contribution in [-0.2, 0) is 33.6 Å². The number of rotatable bonds is 25. The topological polar surface area (TPSA) is 245 Å². The second-order valence-corrected chi connectivity index (χ2v) is 10.7. The summed E-state index contributed by atoms with van der Waals surface area (Å²) in [6, 6.07) is -2.75. The fraction of sp³-hybridized carbons (Fsp3) is 0.700. The minimum Gasteiger partial charge on any atom is -0.474 e. The van der Waals surface area contributed by atoms with E-state index in [0.717, 1.165) is 57.8 Å². The van der Waals surface area contributed by atoms with E-state index >= 15 is 0 Å². The summed E-state index contributed by atoms with van der Waals surface area (Å²) >= 11 is 0. The van der Waals surface area contributed by atoms with Crippen LogP contribution in [0.3, 0.4) is 0 Å². The van der Waals surface area contributed by atoms with Crippen molar-refractivity contribution in [1.29, 1.82) is 0 Å². The van der Waals surface area contributed by atoms with Crippen LogP contribution in [0.15, 0.2) is 10.2 Å². The van der Waals surface area contributed by atoms with Gasteiger partial charge in [0.05, 0.1) is 0 Å². The van der Waals surface area contributed by atoms with Gasteiger partial charge in [0, 0.05) is 25.4 Å². The Kier molecular flexibility index (Phi) is 24.4. The van der Waals surface area contributed by atoms with Crippen LogP contribution in [0.25, 0.3) is 0 Å². The Hall–Kier alpha value is -4.37. The van der Waals surface area contributed by atoms with Gasteiger partial charge in [0.1, 0.15) is 12.1 Å². The zero-order chi connectivity index (χ0) is 34.6. The third-order valence-corrected chi connectivity index (χ3v) is 6.68. The van der Waals surface area contributed by atoms with Crippen LogP contribution < -0.4 is 26.8 Å². The van der Waals surface area contributed by atoms with E-state index in [1.807, 2.05) is 5.32 Å². The predicted octanol–water partition coefficient (Wildman–Crippen LogP) is 1.73. The molecule has 16 nitrogen and oxygen atoms in total. The highest BCUT2D eigenvalue weighted by Crippen LogP contribution is 2.06. The number of hydrogen-bond acceptors (Lipinski definition) is 9. The summed E-state index contributed by atoms with van der Waals surface area (Å²) in [5.74, 6) is -8.50. The van der Waals surface area contributed by atoms with Gasteiger partial charge in [-0.05, 0) is 44.9 Å². The summed E-state index contributed by atoms with van der Waals surface area (Å²) in [7, 11) is 0. The van der Waals surface area contributed by atoms with Crippen LogP contribution in [0.2, 0.25) is 0 Å². The molecule has 0 unspecified atom stereocenters. The number of hydrazone groups is 2. The van der Waals surface area contributed by atoms with Crippen molar-refractivity contribution < 1.29 is 43.8 Å². The molecule has 0 aromatic rings. The van der Waals surface area contributed by atoms with E-state index in [1.54, 1.807) is 6.21 Å². The van der Waals surface area contributed by atoms with E-state index < -0.39 is 53.6 Å². The lowest BCUT2D eigenvalue weighted by Crippen LogP contribution is -2.54. The van der Waals surface area contributed by atoms with Gasteiger partial charge >= 0.3 is 23.8 Å². The Morgan fingerprint density at radius 1 is 0.609 bits per heavy atom. The second-order valence-electron chi connectivity index (χ2n) is 10.7. The average Bonchev–Trinajstić information content (AvgIpc) is 3.02. The van der Waals surface area contributed by atoms with Crippen LogP contribution in [-0.4, -0.2) is 82.7 Å². The van der Waals surface area contributed by atoms with Gasteiger partial charge in [0.2, 0.25) is 11.8 Å². The summed E-state index contributed by atoms with van der Waals surface area (Å²) in [6.07, 6.45) is 14.6. The first-order valence-electron chi connectivity index (χ1n) is 16.0. The van der Waals surface area contributed by atoms with Gasteiger partial charge in [-0.1, -0.05) is 65.2 Å². The van der Waals surface area contributed by atoms with Crippen molar-refractivity contribution in [1.82, 2.24) is 26.8 Å². The fourth-order valence-corrected chi connectivity index (χ4v) is 4.06. The third kappa shape index (κ3) is 22.2. The predicted molar refractivity (Wildman–Crippen MR) is 171 cm³/mol. The number of aliphatic carboxylic acids is 2. The van der Waals surface area contributed by atoms with Crippen molar-refractivity contribution in [3.63, 3.8) is 0 Å². The molecule has 0 saturated carbocycles. The summed E-state index contributed by atoms with van der Waals surface area (Å²) in [4.78, 5) is 83.2. The zero-order valence-electron chi connectivity index (χ0n) is 27.0. The first kappa shape index (κ1) is 41.6. The van der Waals surface area contributed by atoms with Gasteiger partial charge in [0.25, 0.3) is 5.91 Å². The molecule has 0 saturated heterocycles. The lowest BCUT2D eigenvalue weighted by atomic mass is 10.1. The van der Waals surface area contributed by atoms with Gasteiger partial charge in [0.15, 0.2) is 0 Å². The van der Waals surface area contributed by atoms with Crippen molar-refractivity contribution in [2.24, 2.45) is 10.2 Å². The molecule has 0 fully saturated rings. The van der Waals surface area contributed by atoms with E-state index in [4.69, 9.17) is 10.2 Å². The highest BCUT2D eigenvalue weighted by atomic mass is 16.4. The third-order valence-electron chi connectivity index (χ3n) is 6.68. The normalized spacial score (nSPS) is 12.3. The largest absolute Gasteiger partial charge is 0.474 e. The maximum atomic E-state index is 13.1. The molecule has 5 amide bonds. The van der Waals surface area contributed by atoms with E-state index in [-0.39, 0.29) is 32.2 Å². The number of carbonyl (C=O) groups is 7. The minimum absolute atomic E-state index is 0.0184. The number of nitrogens with zero attached hydrogens (tertiary/aromatic N) is 2. The van der Waals surface area contributed by atoms with Gasteiger partial charge in [-0.2, -0.15) is 10.2 Å². The molecule has 0 radical (unpaired) electrons. The highest BCUT2D eigenvalue weighted by Gasteiger charge is 2.28. The molecular formula is C30H51N7O9. The van der Waals surface area contributed by atoms with E-state index in [9.17, 15) is 33.6 Å². The van der Waals surface area contributed by atoms with Crippen LogP contribution in [0.1, 0.15) is 117 Å². The van der Waals surface area contributed by atoms with Crippen molar-refractivity contribution in [3.05, 3.63) is 0 Å². The van der Waals surface area contributed by atoms with Crippen molar-refractivity contribution >= 4 is 53.9 Å². The molecule has 0 heterocycles. The summed E-state index contributed by atoms with van der Waals surface area (Å²) in [6.45, 7) is 4.06. The quantitative estimate of drug-likeness (QED) is 0.0328. The van der Waals surface area contributed by atoms with E-state index in [0.29, 0.717) is 12.8 Å². The van der Waals surface area contributed by atoms with Crippen LogP contribution >= 0.6 is 0 Å². The smallest absolute Gasteiger partial charge is 0.394 e. The van der Waals surface area contributed by atoms with Gasteiger partial charge in [-0.3, -0.25) is 24.0 Å². The Bertz CT molecular complexity index is 1030. The summed E-state index contributed by atoms with van der Waals surface area (Å²) in [5, 5.41) is 32.0. The molecule has 46 heavy (non-hydrogen) atoms. The fourth-order valence-electron chi connectivity index (χ4n) is 4.06. The number of carbonyl (C=O) groups excluding carboxylic acids is 5. The van der Waals surface area contributed by atoms with E-state index in [2.05, 4.69) is 45.5 Å². The summed E-state index contributed by atoms with van der Waals surface area (Å²) < 4.78 is 0. The molecule has 0 rings (SSSR count). The van der Waals surface area contributed by atoms with Gasteiger partial charge in [-0.25, -0.2) is 20.4 Å². The summed E-state index contributed by atoms with van der Waals surface area (Å²) in [5.41, 5.74) is 4.72. The van der Waals surface area contributed by atoms with Gasteiger partial charge in [-0.15, -0.1) is 0 Å². The van der Waals surface area contributed by atoms with Crippen LogP contribution in [0.4, 0.5) is 0 Å². The van der Waals surface area contributed by atoms with Crippen LogP contribution in [0, 0.1) is 0 Å². The molecule has 260 valence electrons.